The molecule has 1 N–H and O–H groups in total. The zero-order chi connectivity index (χ0) is 17.6. The van der Waals surface area contributed by atoms with Gasteiger partial charge in [0.2, 0.25) is 0 Å². The van der Waals surface area contributed by atoms with E-state index in [-0.39, 0.29) is 24.7 Å². The normalized spacial score (nSPS) is 10.4. The largest absolute Gasteiger partial charge is 0.450 e. The van der Waals surface area contributed by atoms with Gasteiger partial charge in [0.25, 0.3) is 0 Å². The van der Waals surface area contributed by atoms with Crippen LogP contribution in [0.3, 0.4) is 0 Å². The molecule has 3 rings (SSSR count). The molecule has 25 heavy (non-hydrogen) atoms. The molecule has 0 aliphatic rings. The molecule has 0 aliphatic carbocycles. The first kappa shape index (κ1) is 16.5. The monoisotopic (exact) mass is 340 g/mol. The Morgan fingerprint density at radius 3 is 2.76 bits per heavy atom. The summed E-state index contributed by atoms with van der Waals surface area (Å²) in [5, 5.41) is 2.76. The minimum absolute atomic E-state index is 0.104. The lowest BCUT2D eigenvalue weighted by Gasteiger charge is -2.07. The smallest absolute Gasteiger partial charge is 0.411 e. The molecule has 0 radical (unpaired) electrons. The topological polar surface area (TPSA) is 90.7 Å². The zero-order valence-electron chi connectivity index (χ0n) is 13.5. The minimum Gasteiger partial charge on any atom is -0.450 e. The number of nitrogens with one attached hydrogen (secondary N) is 1. The van der Waals surface area contributed by atoms with Crippen LogP contribution >= 0.6 is 0 Å². The molecule has 3 aromatic rings. The molecule has 0 bridgehead atoms. The van der Waals surface area contributed by atoms with Gasteiger partial charge < -0.3 is 13.9 Å². The number of hydrogen-bond acceptors (Lipinski definition) is 6. The van der Waals surface area contributed by atoms with Gasteiger partial charge in [-0.15, -0.1) is 0 Å². The van der Waals surface area contributed by atoms with Gasteiger partial charge in [-0.25, -0.2) is 9.59 Å². The number of ether oxygens (including phenoxy) is 2. The summed E-state index contributed by atoms with van der Waals surface area (Å²) in [5.74, 6) is 0. The van der Waals surface area contributed by atoms with Crippen molar-refractivity contribution in [3.8, 4) is 6.08 Å². The highest BCUT2D eigenvalue weighted by Crippen LogP contribution is 2.18. The van der Waals surface area contributed by atoms with Crippen LogP contribution in [0.25, 0.3) is 10.9 Å². The number of carbonyl (C=O) groups is 1. The van der Waals surface area contributed by atoms with Gasteiger partial charge in [-0.3, -0.25) is 5.32 Å². The Labute approximate surface area is 143 Å². The van der Waals surface area contributed by atoms with Crippen LogP contribution in [0.1, 0.15) is 12.5 Å². The van der Waals surface area contributed by atoms with Crippen LogP contribution in [0.2, 0.25) is 0 Å². The maximum atomic E-state index is 12.1. The van der Waals surface area contributed by atoms with E-state index in [1.807, 2.05) is 30.3 Å². The highest BCUT2D eigenvalue weighted by atomic mass is 16.6. The van der Waals surface area contributed by atoms with E-state index in [2.05, 4.69) is 10.3 Å². The van der Waals surface area contributed by atoms with E-state index in [0.29, 0.717) is 11.2 Å². The Morgan fingerprint density at radius 2 is 2.00 bits per heavy atom. The number of amides is 1. The van der Waals surface area contributed by atoms with Gasteiger partial charge >= 0.3 is 17.8 Å². The van der Waals surface area contributed by atoms with Gasteiger partial charge in [0, 0.05) is 5.69 Å². The van der Waals surface area contributed by atoms with Crippen LogP contribution in [-0.2, 0) is 11.3 Å². The molecular formula is C18H16N2O5. The molecule has 1 amide bonds. The molecule has 1 heterocycles. The predicted molar refractivity (Wildman–Crippen MR) is 91.7 cm³/mol. The van der Waals surface area contributed by atoms with Gasteiger partial charge in [0.15, 0.2) is 0 Å². The molecule has 0 atom stereocenters. The fraction of sp³-hybridized carbons (Fsp3) is 0.167. The van der Waals surface area contributed by atoms with Crippen LogP contribution < -0.4 is 15.7 Å². The summed E-state index contributed by atoms with van der Waals surface area (Å²) < 4.78 is 15.3. The zero-order valence-corrected chi connectivity index (χ0v) is 13.5. The van der Waals surface area contributed by atoms with Crippen molar-refractivity contribution in [3.05, 3.63) is 64.5 Å². The highest BCUT2D eigenvalue weighted by molar-refractivity contribution is 5.89. The lowest BCUT2D eigenvalue weighted by molar-refractivity contribution is 0.168. The van der Waals surface area contributed by atoms with Crippen molar-refractivity contribution in [1.82, 2.24) is 4.98 Å². The van der Waals surface area contributed by atoms with E-state index in [4.69, 9.17) is 13.9 Å². The first-order valence-electron chi connectivity index (χ1n) is 7.71. The second-order valence-electron chi connectivity index (χ2n) is 5.12. The standard InChI is InChI=1S/C18H16N2O5/c1-2-23-17(22)19-13-8-9-15-14(10-13)16(21)25-18(20-15)24-11-12-6-4-3-5-7-12/h3-10H,2,11H2,1H3,(H,19,22). The van der Waals surface area contributed by atoms with Crippen LogP contribution in [-0.4, -0.2) is 17.7 Å². The van der Waals surface area contributed by atoms with E-state index >= 15 is 0 Å². The lowest BCUT2D eigenvalue weighted by atomic mass is 10.2. The van der Waals surface area contributed by atoms with E-state index in [1.54, 1.807) is 19.1 Å². The van der Waals surface area contributed by atoms with Gasteiger partial charge in [0.1, 0.15) is 6.61 Å². The van der Waals surface area contributed by atoms with Crippen molar-refractivity contribution in [2.45, 2.75) is 13.5 Å². The van der Waals surface area contributed by atoms with Crippen LogP contribution in [0, 0.1) is 0 Å². The second-order valence-corrected chi connectivity index (χ2v) is 5.12. The van der Waals surface area contributed by atoms with Gasteiger partial charge in [-0.2, -0.15) is 4.98 Å². The third kappa shape index (κ3) is 4.14. The average molecular weight is 340 g/mol. The lowest BCUT2D eigenvalue weighted by Crippen LogP contribution is -2.13. The van der Waals surface area contributed by atoms with Crippen molar-refractivity contribution < 1.29 is 18.7 Å². The molecule has 0 fully saturated rings. The Bertz CT molecular complexity index is 937. The number of hydrogen-bond donors (Lipinski definition) is 1. The van der Waals surface area contributed by atoms with E-state index in [1.165, 1.54) is 6.07 Å². The third-order valence-corrected chi connectivity index (χ3v) is 3.34. The van der Waals surface area contributed by atoms with Crippen LogP contribution in [0.4, 0.5) is 10.5 Å². The van der Waals surface area contributed by atoms with Gasteiger partial charge in [0.05, 0.1) is 17.5 Å². The second kappa shape index (κ2) is 7.48. The minimum atomic E-state index is -0.597. The van der Waals surface area contributed by atoms with Crippen LogP contribution in [0.15, 0.2) is 57.7 Å². The average Bonchev–Trinajstić information content (AvgIpc) is 2.61. The van der Waals surface area contributed by atoms with Gasteiger partial charge in [-0.05, 0) is 30.7 Å². The molecule has 0 saturated heterocycles. The number of anilines is 1. The van der Waals surface area contributed by atoms with Crippen molar-refractivity contribution in [3.63, 3.8) is 0 Å². The Kier molecular flexibility index (Phi) is 4.94. The third-order valence-electron chi connectivity index (χ3n) is 3.34. The fourth-order valence-electron chi connectivity index (χ4n) is 2.20. The number of carbonyl (C=O) groups excluding carboxylic acids is 1. The first-order valence-corrected chi connectivity index (χ1v) is 7.71. The molecule has 2 aromatic carbocycles. The first-order chi connectivity index (χ1) is 12.2. The Morgan fingerprint density at radius 1 is 1.20 bits per heavy atom. The molecule has 0 unspecified atom stereocenters. The van der Waals surface area contributed by atoms with Crippen LogP contribution in [0.5, 0.6) is 6.08 Å². The van der Waals surface area contributed by atoms with Crippen molar-refractivity contribution in [2.24, 2.45) is 0 Å². The van der Waals surface area contributed by atoms with Crippen molar-refractivity contribution >= 4 is 22.7 Å². The van der Waals surface area contributed by atoms with E-state index < -0.39 is 11.7 Å². The van der Waals surface area contributed by atoms with E-state index in [0.717, 1.165) is 5.56 Å². The molecule has 7 heteroatoms. The molecule has 0 aliphatic heterocycles. The summed E-state index contributed by atoms with van der Waals surface area (Å²) in [4.78, 5) is 27.8. The fourth-order valence-corrected chi connectivity index (χ4v) is 2.20. The molecule has 128 valence electrons. The number of aromatic nitrogens is 1. The van der Waals surface area contributed by atoms with Gasteiger partial charge in [-0.1, -0.05) is 30.3 Å². The summed E-state index contributed by atoms with van der Waals surface area (Å²) in [6, 6.07) is 14.2. The van der Waals surface area contributed by atoms with Crippen molar-refractivity contribution in [2.75, 3.05) is 11.9 Å². The molecule has 0 spiro atoms. The molecular weight excluding hydrogens is 324 g/mol. The number of benzene rings is 2. The summed E-state index contributed by atoms with van der Waals surface area (Å²) in [5.41, 5.74) is 1.16. The summed E-state index contributed by atoms with van der Waals surface area (Å²) in [6.07, 6.45) is -0.700. The molecule has 1 aromatic heterocycles. The van der Waals surface area contributed by atoms with E-state index in [9.17, 15) is 9.59 Å². The quantitative estimate of drug-likeness (QED) is 0.766. The number of rotatable bonds is 5. The molecule has 7 nitrogen and oxygen atoms in total. The summed E-state index contributed by atoms with van der Waals surface area (Å²) >= 11 is 0. The Hall–Kier alpha value is -3.35. The highest BCUT2D eigenvalue weighted by Gasteiger charge is 2.10. The van der Waals surface area contributed by atoms with Crippen molar-refractivity contribution in [1.29, 1.82) is 0 Å². The maximum absolute atomic E-state index is 12.1. The maximum Gasteiger partial charge on any atom is 0.411 e. The molecule has 0 saturated carbocycles. The number of fused-ring (bicyclic) bond motifs is 1. The summed E-state index contributed by atoms with van der Waals surface area (Å²) in [7, 11) is 0. The predicted octanol–water partition coefficient (Wildman–Crippen LogP) is 3.34. The SMILES string of the molecule is CCOC(=O)Nc1ccc2nc(OCc3ccccc3)oc(=O)c2c1. The Balaban J connectivity index is 1.80. The summed E-state index contributed by atoms with van der Waals surface area (Å²) in [6.45, 7) is 2.20. The number of nitrogens with zero attached hydrogens (tertiary/aromatic N) is 1.